The first-order valence-electron chi connectivity index (χ1n) is 52.2. The third-order valence-electron chi connectivity index (χ3n) is 32.7. The minimum atomic E-state index is -0.836. The topological polar surface area (TPSA) is 278 Å². The van der Waals surface area contributed by atoms with Crippen molar-refractivity contribution in [1.82, 2.24) is 49.4 Å². The van der Waals surface area contributed by atoms with E-state index in [-0.39, 0.29) is 41.5 Å². The normalized spacial score (nSPS) is 28.0. The Morgan fingerprint density at radius 1 is 0.417 bits per heavy atom. The molecule has 23 nitrogen and oxygen atoms in total. The van der Waals surface area contributed by atoms with Gasteiger partial charge >= 0.3 is 18.5 Å². The second kappa shape index (κ2) is 47.2. The number of ether oxygens (including phenoxy) is 5. The number of nitrogens with one attached hydrogen (secondary N) is 5. The number of carbonyl (C=O) groups is 2. The summed E-state index contributed by atoms with van der Waals surface area (Å²) < 4.78 is 65.8. The van der Waals surface area contributed by atoms with Gasteiger partial charge in [-0.15, -0.1) is 6.58 Å². The van der Waals surface area contributed by atoms with Gasteiger partial charge in [-0.1, -0.05) is 137 Å². The Morgan fingerprint density at radius 2 is 0.734 bits per heavy atom. The number of piperidine rings is 5. The van der Waals surface area contributed by atoms with Crippen LogP contribution in [0.4, 0.5) is 0 Å². The van der Waals surface area contributed by atoms with Crippen molar-refractivity contribution in [3.05, 3.63) is 224 Å². The summed E-state index contributed by atoms with van der Waals surface area (Å²) in [7, 11) is 8.53. The molecule has 5 saturated heterocycles. The highest BCUT2D eigenvalue weighted by atomic mass is 16.5. The van der Waals surface area contributed by atoms with Gasteiger partial charge in [0.2, 0.25) is 0 Å². The van der Waals surface area contributed by atoms with Crippen LogP contribution in [0, 0.1) is 66.1 Å². The van der Waals surface area contributed by atoms with Crippen LogP contribution in [0.5, 0.6) is 23.0 Å². The van der Waals surface area contributed by atoms with Crippen LogP contribution in [0.1, 0.15) is 246 Å². The summed E-state index contributed by atoms with van der Waals surface area (Å²) in [5, 5.41) is 6.01. The first-order chi connectivity index (χ1) is 68.7. The van der Waals surface area contributed by atoms with Gasteiger partial charge in [-0.3, -0.25) is 34.1 Å². The summed E-state index contributed by atoms with van der Waals surface area (Å²) in [6, 6.07) is 28.1. The molecule has 20 rings (SSSR count). The van der Waals surface area contributed by atoms with Crippen LogP contribution in [-0.4, -0.2) is 180 Å². The van der Waals surface area contributed by atoms with Crippen molar-refractivity contribution in [3.8, 4) is 23.0 Å². The molecule has 5 aromatic carbocycles. The van der Waals surface area contributed by atoms with Crippen molar-refractivity contribution >= 4 is 84.5 Å². The lowest BCUT2D eigenvalue weighted by molar-refractivity contribution is -0.193. The number of aryl methyl sites for hydroxylation is 1. The molecule has 15 atom stereocenters. The Balaban J connectivity index is 0.000000147. The summed E-state index contributed by atoms with van der Waals surface area (Å²) in [5.41, 5.74) is 24.8. The van der Waals surface area contributed by atoms with E-state index < -0.39 is 24.1 Å². The zero-order valence-electron chi connectivity index (χ0n) is 89.6. The molecule has 0 radical (unpaired) electrons. The number of aromatic amines is 5. The number of Topliss-reactive ketones (excluding diaryl/α,β-unsaturated/α-hetero) is 2. The molecule has 139 heavy (non-hydrogen) atoms. The number of carbonyl (C=O) groups excluding carboxylic acids is 8. The largest absolute Gasteiger partial charge is 0.504 e. The maximum atomic E-state index is 12.4. The standard InChI is InChI=1S/C24H32N2O2.C23H30N2O2.2C22H30N2O.C22H28N2O.3CO2/c1-6-16-14-26-12-11-18-22-20(9-8-10-21(22)28-5)25-23(18)24(26,4)13-19(16)17(7-2)15(3)27;1-5-16-12-25-10-9-17-22-14(2)7-6-8-20(22)24-23(17)21(25)11-18(16)19(13-27-4)15(3)26;3*1-5-14(3)17-12-19-22-16(10-11-24(19)13-15(17)6-2)21-18(23-22)8-7-9-20(21)25-4;3*2-1-3/h7-10,16,19,25H,6,11-14H2,1-5H3;6-8,13,16,18,21,24H,5,9-12H2,1-4H3;2*5,7-9,15,17,19,23H,6,10-13H2,1-4H3;5-9,15,17,19,23H,2,10-13H2,1,3-4H3;;;/b17-7-;19-13-;3*14-5-;;;/t16-,19+,24+;16-,18+,21-;15-,17+,19-;15-,17-,19+;15-,17+,19-;;;/m11010.../s1/i;21D;3*19D;;;. The van der Waals surface area contributed by atoms with Crippen molar-refractivity contribution in [2.75, 3.05) is 101 Å². The van der Waals surface area contributed by atoms with Gasteiger partial charge in [-0.05, 0) is 293 Å². The molecule has 0 spiro atoms. The number of H-pyrrole nitrogens is 5. The van der Waals surface area contributed by atoms with Gasteiger partial charge < -0.3 is 48.6 Å². The zero-order chi connectivity index (χ0) is 104. The molecule has 0 saturated carbocycles. The Hall–Kier alpha value is -11.5. The van der Waals surface area contributed by atoms with Gasteiger partial charge in [0, 0.05) is 154 Å². The molecule has 0 bridgehead atoms. The molecule has 5 aromatic heterocycles. The maximum absolute atomic E-state index is 12.4. The van der Waals surface area contributed by atoms with E-state index in [9.17, 15) is 15.1 Å². The van der Waals surface area contributed by atoms with Gasteiger partial charge in [0.25, 0.3) is 0 Å². The predicted molar refractivity (Wildman–Crippen MR) is 550 cm³/mol. The molecule has 0 amide bonds. The summed E-state index contributed by atoms with van der Waals surface area (Å²) in [5.74, 6) is 8.22. The summed E-state index contributed by atoms with van der Waals surface area (Å²) in [6.07, 6.45) is 26.7. The number of hydrogen-bond donors (Lipinski definition) is 5. The van der Waals surface area contributed by atoms with Gasteiger partial charge in [-0.25, -0.2) is 0 Å². The lowest BCUT2D eigenvalue weighted by Gasteiger charge is -2.53. The molecular formula is C116H150N10O13. The second-order valence-electron chi connectivity index (χ2n) is 39.1. The minimum absolute atomic E-state index is 0.0367. The molecule has 742 valence electrons. The molecule has 0 aliphatic carbocycles. The van der Waals surface area contributed by atoms with E-state index in [1.54, 1.807) is 55.7 Å². The van der Waals surface area contributed by atoms with E-state index in [0.717, 1.165) is 226 Å². The molecular weight excluding hydrogens is 1740 g/mol. The predicted octanol–water partition coefficient (Wildman–Crippen LogP) is 22.7. The Labute approximate surface area is 827 Å². The van der Waals surface area contributed by atoms with Gasteiger partial charge in [0.1, 0.15) is 23.0 Å². The SMILES string of the molecule is C/C=C(/C(C)=O)[C@H]1C[C@@]2(C)c3[nH]c4cccc(OC)c4c3CCN2C[C@H]1CC.O=C=O.O=C=O.O=C=O.[2H][C@@]12C[C@H](/C(C)=C\C)[C@@H](C=C)CN1CCc1c2[nH]c2cccc(OC)c12.[2H][C@@]12C[C@H](/C(C)=C\C)[C@@H](CC)CN1CCc1c2[nH]c2cccc(OC)c12.[2H][C@@]12C[C@H](/C(C)=C\C)[C@H](CC)CN1CCc1c2[nH]c2cccc(OC)c12.[2H][C@]12C[C@H](/C(=C\OC)C(C)=O)[C@H](CC)CN1CCc1c2[nH]c2cccc(C)c12. The second-order valence-corrected chi connectivity index (χ2v) is 39.1. The average molecular weight is 1900 g/mol. The van der Waals surface area contributed by atoms with E-state index in [1.165, 1.54) is 90.2 Å². The average Bonchev–Trinajstić information content (AvgIpc) is 1.74. The lowest BCUT2D eigenvalue weighted by atomic mass is 9.67. The summed E-state index contributed by atoms with van der Waals surface area (Å²) in [6.45, 7) is 45.6. The van der Waals surface area contributed by atoms with Crippen LogP contribution in [0.2, 0.25) is 0 Å². The number of ketones is 2. The van der Waals surface area contributed by atoms with Crippen molar-refractivity contribution < 1.29 is 67.5 Å². The fourth-order valence-electron chi connectivity index (χ4n) is 25.2. The maximum Gasteiger partial charge on any atom is 0.373 e. The number of rotatable bonds is 17. The number of benzene rings is 5. The van der Waals surface area contributed by atoms with Crippen LogP contribution in [0.3, 0.4) is 0 Å². The number of aromatic nitrogens is 5. The number of allylic oxidation sites excluding steroid dienone is 9. The van der Waals surface area contributed by atoms with Crippen LogP contribution in [0.25, 0.3) is 54.5 Å². The number of nitrogens with zero attached hydrogens (tertiary/aromatic N) is 5. The molecule has 10 aromatic rings. The number of methoxy groups -OCH3 is 5. The molecule has 5 fully saturated rings. The highest BCUT2D eigenvalue weighted by Gasteiger charge is 2.51. The summed E-state index contributed by atoms with van der Waals surface area (Å²) in [4.78, 5) is 104. The molecule has 23 heteroatoms. The van der Waals surface area contributed by atoms with Gasteiger partial charge in [0.15, 0.2) is 11.6 Å². The van der Waals surface area contributed by atoms with E-state index in [2.05, 4.69) is 212 Å². The molecule has 10 aliphatic heterocycles. The third-order valence-corrected chi connectivity index (χ3v) is 32.7. The summed E-state index contributed by atoms with van der Waals surface area (Å²) >= 11 is 0. The van der Waals surface area contributed by atoms with E-state index >= 15 is 0 Å². The van der Waals surface area contributed by atoms with Crippen LogP contribution in [-0.2, 0) is 80.7 Å². The fraction of sp³-hybridized carbons (Fsp3) is 0.509. The van der Waals surface area contributed by atoms with Crippen molar-refractivity contribution in [2.24, 2.45) is 59.2 Å². The van der Waals surface area contributed by atoms with E-state index in [1.807, 2.05) is 55.5 Å². The highest BCUT2D eigenvalue weighted by molar-refractivity contribution is 5.96. The zero-order valence-corrected chi connectivity index (χ0v) is 85.6. The number of hydrogen-bond acceptors (Lipinski definition) is 18. The van der Waals surface area contributed by atoms with Crippen LogP contribution >= 0.6 is 0 Å². The fourth-order valence-corrected chi connectivity index (χ4v) is 25.2. The van der Waals surface area contributed by atoms with E-state index in [4.69, 9.17) is 52.5 Å². The first kappa shape index (κ1) is 99.1. The highest BCUT2D eigenvalue weighted by Crippen LogP contribution is 2.55. The molecule has 0 unspecified atom stereocenters. The lowest BCUT2D eigenvalue weighted by Crippen LogP contribution is -2.56. The minimum Gasteiger partial charge on any atom is -0.504 e. The number of fused-ring (bicyclic) bond motifs is 25. The smallest absolute Gasteiger partial charge is 0.373 e. The molecule has 15 heterocycles. The van der Waals surface area contributed by atoms with Crippen LogP contribution in [0.15, 0.2) is 162 Å². The molecule has 5 N–H and O–H groups in total. The van der Waals surface area contributed by atoms with Gasteiger partial charge in [-0.2, -0.15) is 28.8 Å². The first-order valence-corrected chi connectivity index (χ1v) is 50.2. The Bertz CT molecular complexity index is 6380. The van der Waals surface area contributed by atoms with E-state index in [0.29, 0.717) is 59.7 Å². The van der Waals surface area contributed by atoms with Crippen molar-refractivity contribution in [2.45, 2.75) is 223 Å². The Morgan fingerprint density at radius 3 is 1.09 bits per heavy atom. The molecule has 10 aliphatic rings. The van der Waals surface area contributed by atoms with Crippen LogP contribution < -0.4 is 18.9 Å². The third kappa shape index (κ3) is 21.0. The monoisotopic (exact) mass is 1900 g/mol. The Kier molecular flexibility index (Phi) is 33.6. The van der Waals surface area contributed by atoms with Crippen molar-refractivity contribution in [1.29, 1.82) is 0 Å². The van der Waals surface area contributed by atoms with Crippen molar-refractivity contribution in [3.63, 3.8) is 0 Å². The van der Waals surface area contributed by atoms with Gasteiger partial charge in [0.05, 0.1) is 76.9 Å². The quantitative estimate of drug-likeness (QED) is 0.0322.